The summed E-state index contributed by atoms with van der Waals surface area (Å²) in [6, 6.07) is 3.90. The Labute approximate surface area is 95.0 Å². The number of aliphatic hydroxyl groups excluding tert-OH is 1. The van der Waals surface area contributed by atoms with E-state index in [0.717, 1.165) is 16.5 Å². The Morgan fingerprint density at radius 1 is 1.44 bits per heavy atom. The minimum atomic E-state index is 0.102. The fraction of sp³-hybridized carbons (Fsp3) is 0.308. The highest BCUT2D eigenvalue weighted by molar-refractivity contribution is 5.86. The summed E-state index contributed by atoms with van der Waals surface area (Å²) in [5.74, 6) is 0.496. The molecule has 0 saturated carbocycles. The molecule has 0 saturated heterocycles. The Kier molecular flexibility index (Phi) is 2.46. The fourth-order valence-electron chi connectivity index (χ4n) is 1.92. The van der Waals surface area contributed by atoms with E-state index in [0.29, 0.717) is 5.92 Å². The lowest BCUT2D eigenvalue weighted by atomic mass is 9.96. The highest BCUT2D eigenvalue weighted by Crippen LogP contribution is 2.28. The number of rotatable bonds is 2. The Morgan fingerprint density at radius 2 is 2.12 bits per heavy atom. The first-order valence-electron chi connectivity index (χ1n) is 5.34. The SMILES string of the molecule is C=C(O)c1cc(C(C)C)c2cnn(C)c2c1. The van der Waals surface area contributed by atoms with Gasteiger partial charge in [0, 0.05) is 18.0 Å². The Bertz CT molecular complexity index is 552. The average Bonchev–Trinajstić information content (AvgIpc) is 2.59. The number of fused-ring (bicyclic) bond motifs is 1. The van der Waals surface area contributed by atoms with Gasteiger partial charge < -0.3 is 5.11 Å². The summed E-state index contributed by atoms with van der Waals surface area (Å²) in [7, 11) is 1.90. The molecule has 0 bridgehead atoms. The van der Waals surface area contributed by atoms with Gasteiger partial charge in [0.25, 0.3) is 0 Å². The highest BCUT2D eigenvalue weighted by atomic mass is 16.3. The quantitative estimate of drug-likeness (QED) is 0.783. The third-order valence-electron chi connectivity index (χ3n) is 2.85. The van der Waals surface area contributed by atoms with Crippen molar-refractivity contribution in [2.24, 2.45) is 7.05 Å². The molecule has 84 valence electrons. The number of hydrogen-bond acceptors (Lipinski definition) is 2. The van der Waals surface area contributed by atoms with Crippen LogP contribution in [0.25, 0.3) is 16.7 Å². The smallest absolute Gasteiger partial charge is 0.115 e. The summed E-state index contributed by atoms with van der Waals surface area (Å²) in [5, 5.41) is 14.9. The van der Waals surface area contributed by atoms with Gasteiger partial charge in [-0.15, -0.1) is 0 Å². The molecule has 3 heteroatoms. The van der Waals surface area contributed by atoms with E-state index in [9.17, 15) is 5.11 Å². The molecule has 0 unspecified atom stereocenters. The number of hydrogen-bond donors (Lipinski definition) is 1. The van der Waals surface area contributed by atoms with E-state index in [1.165, 1.54) is 5.56 Å². The van der Waals surface area contributed by atoms with Gasteiger partial charge in [-0.2, -0.15) is 5.10 Å². The fourth-order valence-corrected chi connectivity index (χ4v) is 1.92. The molecule has 0 aliphatic heterocycles. The van der Waals surface area contributed by atoms with Crippen LogP contribution >= 0.6 is 0 Å². The molecule has 3 nitrogen and oxygen atoms in total. The van der Waals surface area contributed by atoms with Gasteiger partial charge in [0.15, 0.2) is 0 Å². The molecule has 1 N–H and O–H groups in total. The third-order valence-corrected chi connectivity index (χ3v) is 2.85. The summed E-state index contributed by atoms with van der Waals surface area (Å²) in [6.07, 6.45) is 1.87. The van der Waals surface area contributed by atoms with Crippen molar-refractivity contribution in [2.75, 3.05) is 0 Å². The minimum absolute atomic E-state index is 0.102. The van der Waals surface area contributed by atoms with Crippen LogP contribution < -0.4 is 0 Å². The van der Waals surface area contributed by atoms with Crippen LogP contribution in [0.2, 0.25) is 0 Å². The van der Waals surface area contributed by atoms with Crippen LogP contribution in [0, 0.1) is 0 Å². The maximum atomic E-state index is 9.49. The molecular weight excluding hydrogens is 200 g/mol. The Morgan fingerprint density at radius 3 is 2.69 bits per heavy atom. The lowest BCUT2D eigenvalue weighted by Crippen LogP contribution is -1.94. The second kappa shape index (κ2) is 3.67. The van der Waals surface area contributed by atoms with E-state index in [1.54, 1.807) is 0 Å². The Balaban J connectivity index is 2.80. The third kappa shape index (κ3) is 1.58. The van der Waals surface area contributed by atoms with Crippen LogP contribution in [-0.2, 0) is 7.05 Å². The molecule has 2 rings (SSSR count). The van der Waals surface area contributed by atoms with Crippen LogP contribution in [0.15, 0.2) is 24.9 Å². The van der Waals surface area contributed by atoms with Crippen LogP contribution in [0.1, 0.15) is 30.9 Å². The summed E-state index contributed by atoms with van der Waals surface area (Å²) < 4.78 is 1.81. The predicted octanol–water partition coefficient (Wildman–Crippen LogP) is 3.23. The number of aryl methyl sites for hydroxylation is 1. The standard InChI is InChI=1S/C13H16N2O/c1-8(2)11-5-10(9(3)16)6-13-12(11)7-14-15(13)4/h5-8,16H,3H2,1-2,4H3. The van der Waals surface area contributed by atoms with Gasteiger partial charge in [0.2, 0.25) is 0 Å². The van der Waals surface area contributed by atoms with Crippen molar-refractivity contribution >= 4 is 16.7 Å². The van der Waals surface area contributed by atoms with E-state index in [1.807, 2.05) is 30.1 Å². The van der Waals surface area contributed by atoms with Gasteiger partial charge in [-0.3, -0.25) is 4.68 Å². The van der Waals surface area contributed by atoms with E-state index < -0.39 is 0 Å². The van der Waals surface area contributed by atoms with E-state index in [-0.39, 0.29) is 5.76 Å². The molecule has 0 amide bonds. The van der Waals surface area contributed by atoms with Crippen LogP contribution in [0.3, 0.4) is 0 Å². The number of aromatic nitrogens is 2. The summed E-state index contributed by atoms with van der Waals surface area (Å²) in [6.45, 7) is 7.83. The first-order chi connectivity index (χ1) is 7.50. The second-order valence-electron chi connectivity index (χ2n) is 4.37. The monoisotopic (exact) mass is 216 g/mol. The van der Waals surface area contributed by atoms with E-state index >= 15 is 0 Å². The molecule has 1 heterocycles. The Hall–Kier alpha value is -1.77. The van der Waals surface area contributed by atoms with Gasteiger partial charge in [0.05, 0.1) is 11.7 Å². The lowest BCUT2D eigenvalue weighted by Gasteiger charge is -2.10. The van der Waals surface area contributed by atoms with Crippen molar-refractivity contribution in [1.29, 1.82) is 0 Å². The molecular formula is C13H16N2O. The van der Waals surface area contributed by atoms with Crippen LogP contribution in [-0.4, -0.2) is 14.9 Å². The molecule has 1 aromatic carbocycles. The summed E-state index contributed by atoms with van der Waals surface area (Å²) in [5.41, 5.74) is 2.98. The van der Waals surface area contributed by atoms with Crippen LogP contribution in [0.4, 0.5) is 0 Å². The van der Waals surface area contributed by atoms with Crippen molar-refractivity contribution in [1.82, 2.24) is 9.78 Å². The minimum Gasteiger partial charge on any atom is -0.508 e. The molecule has 1 aromatic heterocycles. The topological polar surface area (TPSA) is 38.1 Å². The van der Waals surface area contributed by atoms with Gasteiger partial charge >= 0.3 is 0 Å². The van der Waals surface area contributed by atoms with Crippen molar-refractivity contribution in [3.05, 3.63) is 36.0 Å². The van der Waals surface area contributed by atoms with E-state index in [2.05, 4.69) is 25.5 Å². The van der Waals surface area contributed by atoms with Crippen molar-refractivity contribution < 1.29 is 5.11 Å². The molecule has 0 aliphatic carbocycles. The second-order valence-corrected chi connectivity index (χ2v) is 4.37. The predicted molar refractivity (Wildman–Crippen MR) is 66.5 cm³/mol. The van der Waals surface area contributed by atoms with E-state index in [4.69, 9.17) is 0 Å². The molecule has 2 aromatic rings. The van der Waals surface area contributed by atoms with Gasteiger partial charge in [-0.05, 0) is 23.6 Å². The van der Waals surface area contributed by atoms with Crippen molar-refractivity contribution in [3.63, 3.8) is 0 Å². The zero-order valence-corrected chi connectivity index (χ0v) is 9.86. The molecule has 0 spiro atoms. The zero-order chi connectivity index (χ0) is 11.9. The largest absolute Gasteiger partial charge is 0.508 e. The number of benzene rings is 1. The normalized spacial score (nSPS) is 11.2. The summed E-state index contributed by atoms with van der Waals surface area (Å²) in [4.78, 5) is 0. The van der Waals surface area contributed by atoms with Crippen molar-refractivity contribution in [3.8, 4) is 0 Å². The first kappa shape index (κ1) is 10.7. The molecule has 0 fully saturated rings. The molecule has 16 heavy (non-hydrogen) atoms. The number of nitrogens with zero attached hydrogens (tertiary/aromatic N) is 2. The van der Waals surface area contributed by atoms with Gasteiger partial charge in [-0.1, -0.05) is 20.4 Å². The molecule has 0 atom stereocenters. The maximum Gasteiger partial charge on any atom is 0.115 e. The molecule has 0 aliphatic rings. The number of aliphatic hydroxyl groups is 1. The zero-order valence-electron chi connectivity index (χ0n) is 9.86. The van der Waals surface area contributed by atoms with Gasteiger partial charge in [-0.25, -0.2) is 0 Å². The first-order valence-corrected chi connectivity index (χ1v) is 5.34. The molecule has 0 radical (unpaired) electrons. The summed E-state index contributed by atoms with van der Waals surface area (Å²) >= 11 is 0. The van der Waals surface area contributed by atoms with Gasteiger partial charge in [0.1, 0.15) is 5.76 Å². The maximum absolute atomic E-state index is 9.49. The average molecular weight is 216 g/mol. The highest BCUT2D eigenvalue weighted by Gasteiger charge is 2.11. The van der Waals surface area contributed by atoms with Crippen LogP contribution in [0.5, 0.6) is 0 Å². The lowest BCUT2D eigenvalue weighted by molar-refractivity contribution is 0.513. The van der Waals surface area contributed by atoms with Crippen molar-refractivity contribution in [2.45, 2.75) is 19.8 Å².